The highest BCUT2D eigenvalue weighted by atomic mass is 32.1. The fourth-order valence-electron chi connectivity index (χ4n) is 4.03. The van der Waals surface area contributed by atoms with Gasteiger partial charge in [0, 0.05) is 30.7 Å². The molecule has 1 amide bonds. The van der Waals surface area contributed by atoms with E-state index < -0.39 is 0 Å². The summed E-state index contributed by atoms with van der Waals surface area (Å²) in [4.78, 5) is 24.8. The van der Waals surface area contributed by atoms with Crippen LogP contribution in [0.15, 0.2) is 18.3 Å². The number of anilines is 1. The molecule has 0 bridgehead atoms. The van der Waals surface area contributed by atoms with Crippen molar-refractivity contribution < 1.29 is 9.18 Å². The van der Waals surface area contributed by atoms with E-state index in [0.29, 0.717) is 13.1 Å². The number of nitrogens with zero attached hydrogens (tertiary/aromatic N) is 4. The summed E-state index contributed by atoms with van der Waals surface area (Å²) in [6.45, 7) is 11.4. The van der Waals surface area contributed by atoms with Gasteiger partial charge in [0.05, 0.1) is 16.4 Å². The highest BCUT2D eigenvalue weighted by Gasteiger charge is 2.30. The molecule has 4 heterocycles. The van der Waals surface area contributed by atoms with E-state index in [-0.39, 0.29) is 23.2 Å². The van der Waals surface area contributed by atoms with Crippen molar-refractivity contribution in [3.63, 3.8) is 0 Å². The van der Waals surface area contributed by atoms with Crippen LogP contribution in [-0.2, 0) is 0 Å². The van der Waals surface area contributed by atoms with Gasteiger partial charge in [-0.15, -0.1) is 11.3 Å². The Morgan fingerprint density at radius 1 is 1.20 bits per heavy atom. The summed E-state index contributed by atoms with van der Waals surface area (Å²) in [5, 5.41) is 4.43. The van der Waals surface area contributed by atoms with E-state index in [0.717, 1.165) is 45.6 Å². The number of thiazole rings is 1. The molecule has 30 heavy (non-hydrogen) atoms. The van der Waals surface area contributed by atoms with E-state index >= 15 is 0 Å². The average molecular weight is 430 g/mol. The van der Waals surface area contributed by atoms with Gasteiger partial charge in [0.25, 0.3) is 5.91 Å². The molecule has 1 aliphatic heterocycles. The lowest BCUT2D eigenvalue weighted by Gasteiger charge is -2.32. The first-order valence-corrected chi connectivity index (χ1v) is 11.1. The summed E-state index contributed by atoms with van der Waals surface area (Å²) in [5.41, 5.74) is 2.30. The molecule has 0 aromatic carbocycles. The minimum atomic E-state index is -0.293. The number of halogens is 1. The van der Waals surface area contributed by atoms with E-state index in [1.165, 1.54) is 23.6 Å². The predicted octanol–water partition coefficient (Wildman–Crippen LogP) is 4.78. The third-order valence-corrected chi connectivity index (χ3v) is 6.43. The lowest BCUT2D eigenvalue weighted by atomic mass is 9.93. The van der Waals surface area contributed by atoms with E-state index in [9.17, 15) is 9.18 Å². The largest absolute Gasteiger partial charge is 0.365 e. The quantitative estimate of drug-likeness (QED) is 0.651. The Hall–Kier alpha value is -2.48. The van der Waals surface area contributed by atoms with Gasteiger partial charge in [0.2, 0.25) is 0 Å². The van der Waals surface area contributed by atoms with Gasteiger partial charge < -0.3 is 10.2 Å². The molecule has 1 saturated heterocycles. The molecule has 4 rings (SSSR count). The van der Waals surface area contributed by atoms with Gasteiger partial charge in [-0.1, -0.05) is 0 Å². The number of rotatable bonds is 3. The highest BCUT2D eigenvalue weighted by molar-refractivity contribution is 7.13. The zero-order chi connectivity index (χ0) is 21.6. The number of aryl methyl sites for hydroxylation is 2. The van der Waals surface area contributed by atoms with Gasteiger partial charge in [-0.05, 0) is 59.6 Å². The van der Waals surface area contributed by atoms with Gasteiger partial charge in [0.1, 0.15) is 22.2 Å². The summed E-state index contributed by atoms with van der Waals surface area (Å²) in [5.74, 6) is 0.836. The number of fused-ring (bicyclic) bond motifs is 1. The Morgan fingerprint density at radius 2 is 1.90 bits per heavy atom. The Labute approximate surface area is 180 Å². The van der Waals surface area contributed by atoms with Crippen molar-refractivity contribution in [2.75, 3.05) is 18.4 Å². The van der Waals surface area contributed by atoms with E-state index in [1.807, 2.05) is 18.7 Å². The van der Waals surface area contributed by atoms with E-state index in [4.69, 9.17) is 4.98 Å². The van der Waals surface area contributed by atoms with Crippen LogP contribution in [0.1, 0.15) is 65.6 Å². The van der Waals surface area contributed by atoms with Crippen molar-refractivity contribution in [2.24, 2.45) is 0 Å². The first-order chi connectivity index (χ1) is 14.1. The zero-order valence-electron chi connectivity index (χ0n) is 18.1. The van der Waals surface area contributed by atoms with Crippen LogP contribution in [0.2, 0.25) is 0 Å². The molecule has 0 atom stereocenters. The standard InChI is InChI=1S/C22H28FN5OS/c1-13-19(30-14(2)24-13)21(29)27-10-8-15(9-11-27)18-20(26-22(3,4)5)28-12-16(23)6-7-17(28)25-18/h6-7,12,15,26H,8-11H2,1-5H3. The lowest BCUT2D eigenvalue weighted by molar-refractivity contribution is 0.0716. The third-order valence-electron chi connectivity index (χ3n) is 5.37. The van der Waals surface area contributed by atoms with Crippen LogP contribution < -0.4 is 5.32 Å². The number of hydrogen-bond acceptors (Lipinski definition) is 5. The van der Waals surface area contributed by atoms with Crippen molar-refractivity contribution in [3.05, 3.63) is 45.4 Å². The van der Waals surface area contributed by atoms with Crippen molar-refractivity contribution >= 4 is 28.7 Å². The van der Waals surface area contributed by atoms with Crippen LogP contribution in [0.3, 0.4) is 0 Å². The van der Waals surface area contributed by atoms with Crippen LogP contribution >= 0.6 is 11.3 Å². The second kappa shape index (κ2) is 7.65. The number of piperidine rings is 1. The minimum Gasteiger partial charge on any atom is -0.365 e. The smallest absolute Gasteiger partial charge is 0.265 e. The summed E-state index contributed by atoms with van der Waals surface area (Å²) < 4.78 is 15.7. The fraction of sp³-hybridized carbons (Fsp3) is 0.500. The molecule has 8 heteroatoms. The summed E-state index contributed by atoms with van der Waals surface area (Å²) >= 11 is 1.46. The lowest BCUT2D eigenvalue weighted by Crippen LogP contribution is -2.38. The number of pyridine rings is 1. The molecular weight excluding hydrogens is 401 g/mol. The number of imidazole rings is 1. The molecule has 160 valence electrons. The number of hydrogen-bond donors (Lipinski definition) is 1. The van der Waals surface area contributed by atoms with Crippen LogP contribution in [0.5, 0.6) is 0 Å². The topological polar surface area (TPSA) is 62.5 Å². The summed E-state index contributed by atoms with van der Waals surface area (Å²) in [7, 11) is 0. The van der Waals surface area contributed by atoms with Gasteiger partial charge in [-0.2, -0.15) is 0 Å². The third kappa shape index (κ3) is 4.05. The molecular formula is C22H28FN5OS. The zero-order valence-corrected chi connectivity index (χ0v) is 18.9. The number of nitrogens with one attached hydrogen (secondary N) is 1. The number of carbonyl (C=O) groups excluding carboxylic acids is 1. The summed E-state index contributed by atoms with van der Waals surface area (Å²) in [6, 6.07) is 3.15. The molecule has 0 saturated carbocycles. The van der Waals surface area contributed by atoms with Crippen molar-refractivity contribution in [3.8, 4) is 0 Å². The van der Waals surface area contributed by atoms with Gasteiger partial charge in [-0.25, -0.2) is 14.4 Å². The number of amides is 1. The predicted molar refractivity (Wildman–Crippen MR) is 118 cm³/mol. The molecule has 0 unspecified atom stereocenters. The molecule has 0 radical (unpaired) electrons. The summed E-state index contributed by atoms with van der Waals surface area (Å²) in [6.07, 6.45) is 3.13. The molecule has 1 N–H and O–H groups in total. The molecule has 0 aliphatic carbocycles. The van der Waals surface area contributed by atoms with Crippen molar-refractivity contribution in [1.29, 1.82) is 0 Å². The molecule has 6 nitrogen and oxygen atoms in total. The molecule has 0 spiro atoms. The molecule has 1 aliphatic rings. The number of likely N-dealkylation sites (tertiary alicyclic amines) is 1. The first kappa shape index (κ1) is 20.8. The second-order valence-electron chi connectivity index (χ2n) is 9.01. The average Bonchev–Trinajstić information content (AvgIpc) is 3.19. The molecule has 3 aromatic heterocycles. The van der Waals surface area contributed by atoms with Crippen molar-refractivity contribution in [2.45, 2.75) is 58.9 Å². The first-order valence-electron chi connectivity index (χ1n) is 10.3. The normalized spacial score (nSPS) is 15.7. The molecule has 1 fully saturated rings. The Balaban J connectivity index is 1.58. The minimum absolute atomic E-state index is 0.0710. The van der Waals surface area contributed by atoms with Crippen LogP contribution in [0.4, 0.5) is 10.2 Å². The Bertz CT molecular complexity index is 1090. The highest BCUT2D eigenvalue weighted by Crippen LogP contribution is 2.35. The maximum atomic E-state index is 13.9. The van der Waals surface area contributed by atoms with E-state index in [1.54, 1.807) is 10.5 Å². The SMILES string of the molecule is Cc1nc(C)c(C(=O)N2CCC(c3nc4ccc(F)cn4c3NC(C)(C)C)CC2)s1. The fourth-order valence-corrected chi connectivity index (χ4v) is 4.92. The Kier molecular flexibility index (Phi) is 5.30. The Morgan fingerprint density at radius 3 is 2.50 bits per heavy atom. The number of aromatic nitrogens is 3. The van der Waals surface area contributed by atoms with Gasteiger partial charge in [0.15, 0.2) is 0 Å². The van der Waals surface area contributed by atoms with Crippen LogP contribution in [0, 0.1) is 19.7 Å². The monoisotopic (exact) mass is 429 g/mol. The van der Waals surface area contributed by atoms with Crippen LogP contribution in [0.25, 0.3) is 5.65 Å². The van der Waals surface area contributed by atoms with Crippen molar-refractivity contribution in [1.82, 2.24) is 19.3 Å². The maximum absolute atomic E-state index is 13.9. The van der Waals surface area contributed by atoms with Crippen LogP contribution in [-0.4, -0.2) is 43.8 Å². The van der Waals surface area contributed by atoms with Gasteiger partial charge in [-0.3, -0.25) is 9.20 Å². The molecule has 3 aromatic rings. The maximum Gasteiger partial charge on any atom is 0.265 e. The van der Waals surface area contributed by atoms with E-state index in [2.05, 4.69) is 31.1 Å². The second-order valence-corrected chi connectivity index (χ2v) is 10.2. The van der Waals surface area contributed by atoms with Gasteiger partial charge >= 0.3 is 0 Å². The number of carbonyl (C=O) groups is 1.